The Labute approximate surface area is 155 Å². The van der Waals surface area contributed by atoms with E-state index in [4.69, 9.17) is 0 Å². The van der Waals surface area contributed by atoms with Crippen molar-refractivity contribution < 1.29 is 18.0 Å². The Morgan fingerprint density at radius 2 is 1.85 bits per heavy atom. The number of benzene rings is 2. The highest BCUT2D eigenvalue weighted by atomic mass is 19.4. The molecule has 1 aromatic heterocycles. The van der Waals surface area contributed by atoms with E-state index in [1.54, 1.807) is 12.4 Å². The van der Waals surface area contributed by atoms with Gasteiger partial charge in [-0.25, -0.2) is 0 Å². The minimum Gasteiger partial charge on any atom is -0.351 e. The molecular formula is C21H19F3N2O. The van der Waals surface area contributed by atoms with Crippen molar-refractivity contribution in [2.75, 3.05) is 0 Å². The summed E-state index contributed by atoms with van der Waals surface area (Å²) in [6.07, 6.45) is -0.303. The van der Waals surface area contributed by atoms with Crippen LogP contribution < -0.4 is 5.32 Å². The summed E-state index contributed by atoms with van der Waals surface area (Å²) in [5, 5.41) is 4.77. The lowest BCUT2D eigenvalue weighted by atomic mass is 9.91. The molecule has 0 bridgehead atoms. The number of aromatic nitrogens is 1. The Bertz CT molecular complexity index is 931. The Balaban J connectivity index is 1.74. The minimum atomic E-state index is -4.36. The first-order valence-electron chi connectivity index (χ1n) is 8.66. The number of halogens is 3. The van der Waals surface area contributed by atoms with Gasteiger partial charge in [0.25, 0.3) is 0 Å². The maximum Gasteiger partial charge on any atom is 0.416 e. The fourth-order valence-electron chi connectivity index (χ4n) is 3.12. The third-order valence-corrected chi connectivity index (χ3v) is 4.56. The van der Waals surface area contributed by atoms with Crippen LogP contribution in [0, 0.1) is 0 Å². The van der Waals surface area contributed by atoms with Gasteiger partial charge in [-0.3, -0.25) is 9.78 Å². The highest BCUT2D eigenvalue weighted by Gasteiger charge is 2.30. The number of pyridine rings is 1. The molecule has 6 heteroatoms. The van der Waals surface area contributed by atoms with Crippen LogP contribution in [-0.4, -0.2) is 10.9 Å². The number of alkyl halides is 3. The van der Waals surface area contributed by atoms with Gasteiger partial charge in [-0.1, -0.05) is 37.3 Å². The Morgan fingerprint density at radius 1 is 1.11 bits per heavy atom. The van der Waals surface area contributed by atoms with Crippen LogP contribution in [0.25, 0.3) is 10.8 Å². The zero-order chi connectivity index (χ0) is 19.4. The monoisotopic (exact) mass is 372 g/mol. The Kier molecular flexibility index (Phi) is 5.44. The van der Waals surface area contributed by atoms with E-state index in [1.165, 1.54) is 12.1 Å². The molecular weight excluding hydrogens is 353 g/mol. The van der Waals surface area contributed by atoms with Gasteiger partial charge in [0, 0.05) is 24.3 Å². The van der Waals surface area contributed by atoms with E-state index in [9.17, 15) is 18.0 Å². The van der Waals surface area contributed by atoms with E-state index in [-0.39, 0.29) is 18.4 Å². The summed E-state index contributed by atoms with van der Waals surface area (Å²) in [4.78, 5) is 16.8. The molecule has 1 atom stereocenters. The summed E-state index contributed by atoms with van der Waals surface area (Å²) in [5.41, 5.74) is 0.837. The van der Waals surface area contributed by atoms with E-state index in [1.807, 2.05) is 31.2 Å². The first-order chi connectivity index (χ1) is 12.9. The van der Waals surface area contributed by atoms with Gasteiger partial charge in [0.1, 0.15) is 0 Å². The van der Waals surface area contributed by atoms with Crippen LogP contribution in [0.5, 0.6) is 0 Å². The number of amides is 1. The molecule has 0 aliphatic rings. The van der Waals surface area contributed by atoms with Gasteiger partial charge in [0.05, 0.1) is 11.5 Å². The number of carbonyl (C=O) groups is 1. The fourth-order valence-corrected chi connectivity index (χ4v) is 3.12. The van der Waals surface area contributed by atoms with E-state index in [0.29, 0.717) is 12.0 Å². The third-order valence-electron chi connectivity index (χ3n) is 4.56. The summed E-state index contributed by atoms with van der Waals surface area (Å²) < 4.78 is 37.9. The van der Waals surface area contributed by atoms with Crippen molar-refractivity contribution in [2.24, 2.45) is 0 Å². The molecule has 0 saturated heterocycles. The number of rotatable bonds is 5. The molecule has 1 N–H and O–H groups in total. The molecule has 0 radical (unpaired) electrons. The zero-order valence-corrected chi connectivity index (χ0v) is 14.8. The molecule has 0 saturated carbocycles. The van der Waals surface area contributed by atoms with Crippen LogP contribution in [0.4, 0.5) is 13.2 Å². The summed E-state index contributed by atoms with van der Waals surface area (Å²) in [6, 6.07) is 12.5. The quantitative estimate of drug-likeness (QED) is 0.680. The van der Waals surface area contributed by atoms with Crippen LogP contribution in [0.1, 0.15) is 36.0 Å². The van der Waals surface area contributed by atoms with Crippen molar-refractivity contribution in [1.29, 1.82) is 0 Å². The molecule has 140 valence electrons. The first kappa shape index (κ1) is 18.9. The number of hydrogen-bond donors (Lipinski definition) is 1. The molecule has 27 heavy (non-hydrogen) atoms. The molecule has 2 aromatic carbocycles. The summed E-state index contributed by atoms with van der Waals surface area (Å²) >= 11 is 0. The average molecular weight is 372 g/mol. The molecule has 0 spiro atoms. The first-order valence-corrected chi connectivity index (χ1v) is 8.66. The maximum atomic E-state index is 12.7. The highest BCUT2D eigenvalue weighted by molar-refractivity contribution is 5.92. The third kappa shape index (κ3) is 4.27. The molecule has 3 nitrogen and oxygen atoms in total. The summed E-state index contributed by atoms with van der Waals surface area (Å²) in [5.74, 6) is -0.493. The van der Waals surface area contributed by atoms with Crippen molar-refractivity contribution in [3.05, 3.63) is 77.6 Å². The summed E-state index contributed by atoms with van der Waals surface area (Å²) in [6.45, 7) is 2.11. The van der Waals surface area contributed by atoms with E-state index in [0.717, 1.165) is 28.5 Å². The van der Waals surface area contributed by atoms with Gasteiger partial charge in [-0.15, -0.1) is 0 Å². The van der Waals surface area contributed by atoms with Crippen molar-refractivity contribution >= 4 is 16.7 Å². The number of fused-ring (bicyclic) bond motifs is 1. The smallest absolute Gasteiger partial charge is 0.351 e. The standard InChI is InChI=1S/C21H19F3N2O/c1-2-17(19-5-3-4-15-13-25-11-10-18(15)19)20(27)26-12-14-6-8-16(9-7-14)21(22,23)24/h3-11,13,17H,2,12H2,1H3,(H,26,27). The molecule has 0 aliphatic carbocycles. The van der Waals surface area contributed by atoms with Gasteiger partial charge in [-0.2, -0.15) is 13.2 Å². The largest absolute Gasteiger partial charge is 0.416 e. The second-order valence-corrected chi connectivity index (χ2v) is 6.32. The van der Waals surface area contributed by atoms with E-state index < -0.39 is 11.7 Å². The topological polar surface area (TPSA) is 42.0 Å². The molecule has 0 fully saturated rings. The van der Waals surface area contributed by atoms with Crippen molar-refractivity contribution in [3.63, 3.8) is 0 Å². The lowest BCUT2D eigenvalue weighted by molar-refractivity contribution is -0.137. The van der Waals surface area contributed by atoms with Gasteiger partial charge < -0.3 is 5.32 Å². The molecule has 0 aliphatic heterocycles. The second-order valence-electron chi connectivity index (χ2n) is 6.32. The number of carbonyl (C=O) groups excluding carboxylic acids is 1. The van der Waals surface area contributed by atoms with E-state index >= 15 is 0 Å². The highest BCUT2D eigenvalue weighted by Crippen LogP contribution is 2.30. The van der Waals surface area contributed by atoms with Crippen LogP contribution in [0.2, 0.25) is 0 Å². The van der Waals surface area contributed by atoms with Crippen LogP contribution in [-0.2, 0) is 17.5 Å². The van der Waals surface area contributed by atoms with Crippen molar-refractivity contribution in [2.45, 2.75) is 32.0 Å². The second kappa shape index (κ2) is 7.78. The normalized spacial score (nSPS) is 12.7. The van der Waals surface area contributed by atoms with Gasteiger partial charge >= 0.3 is 6.18 Å². The molecule has 3 rings (SSSR count). The Morgan fingerprint density at radius 3 is 2.52 bits per heavy atom. The van der Waals surface area contributed by atoms with Crippen LogP contribution >= 0.6 is 0 Å². The molecule has 1 unspecified atom stereocenters. The fraction of sp³-hybridized carbons (Fsp3) is 0.238. The van der Waals surface area contributed by atoms with Crippen molar-refractivity contribution in [3.8, 4) is 0 Å². The number of nitrogens with zero attached hydrogens (tertiary/aromatic N) is 1. The maximum absolute atomic E-state index is 12.7. The molecule has 1 amide bonds. The Hall–Kier alpha value is -2.89. The van der Waals surface area contributed by atoms with Gasteiger partial charge in [-0.05, 0) is 41.1 Å². The lowest BCUT2D eigenvalue weighted by Gasteiger charge is -2.17. The zero-order valence-electron chi connectivity index (χ0n) is 14.8. The van der Waals surface area contributed by atoms with Crippen LogP contribution in [0.3, 0.4) is 0 Å². The average Bonchev–Trinajstić information content (AvgIpc) is 2.67. The van der Waals surface area contributed by atoms with Crippen LogP contribution in [0.15, 0.2) is 60.9 Å². The predicted molar refractivity (Wildman–Crippen MR) is 98.1 cm³/mol. The predicted octanol–water partition coefficient (Wildman–Crippen LogP) is 5.06. The SMILES string of the molecule is CCC(C(=O)NCc1ccc(C(F)(F)F)cc1)c1cccc2cnccc12. The minimum absolute atomic E-state index is 0.151. The lowest BCUT2D eigenvalue weighted by Crippen LogP contribution is -2.28. The molecule has 1 heterocycles. The van der Waals surface area contributed by atoms with E-state index in [2.05, 4.69) is 10.3 Å². The summed E-state index contributed by atoms with van der Waals surface area (Å²) in [7, 11) is 0. The number of hydrogen-bond acceptors (Lipinski definition) is 2. The van der Waals surface area contributed by atoms with Crippen molar-refractivity contribution in [1.82, 2.24) is 10.3 Å². The van der Waals surface area contributed by atoms with Gasteiger partial charge in [0.2, 0.25) is 5.91 Å². The molecule has 3 aromatic rings. The van der Waals surface area contributed by atoms with Gasteiger partial charge in [0.15, 0.2) is 0 Å². The number of nitrogens with one attached hydrogen (secondary N) is 1.